The Balaban J connectivity index is 1.41. The Morgan fingerprint density at radius 2 is 2.08 bits per heavy atom. The van der Waals surface area contributed by atoms with Crippen LogP contribution in [0.2, 0.25) is 0 Å². The zero-order valence-electron chi connectivity index (χ0n) is 13.2. The number of carbonyl (C=O) groups excluding carboxylic acids is 2. The summed E-state index contributed by atoms with van der Waals surface area (Å²) in [5.74, 6) is -0.237. The molecule has 0 bridgehead atoms. The second kappa shape index (κ2) is 7.43. The zero-order valence-corrected chi connectivity index (χ0v) is 14.0. The first-order valence-corrected chi connectivity index (χ1v) is 8.45. The molecule has 0 saturated heterocycles. The van der Waals surface area contributed by atoms with Crippen LogP contribution in [0.25, 0.3) is 0 Å². The zero-order chi connectivity index (χ0) is 16.9. The number of rotatable bonds is 6. The molecule has 128 valence electrons. The van der Waals surface area contributed by atoms with Gasteiger partial charge >= 0.3 is 0 Å². The number of tetrazole rings is 1. The largest absolute Gasteiger partial charge is 0.353 e. The number of amides is 2. The summed E-state index contributed by atoms with van der Waals surface area (Å²) in [6, 6.07) is 0.120. The molecule has 0 unspecified atom stereocenters. The van der Waals surface area contributed by atoms with E-state index in [2.05, 4.69) is 34.9 Å². The molecule has 2 amide bonds. The standard InChI is InChI=1S/C13H18N8O2S/c1-8-12(18-24-17-8)13(23)16-10-3-2-9(6-10)15-11(22)4-5-21-7-14-19-20-21/h7,9-10H,2-6H2,1H3,(H,15,22)(H,16,23)/t9-,10+/m1/s1. The minimum atomic E-state index is -0.197. The molecule has 1 fully saturated rings. The van der Waals surface area contributed by atoms with Crippen molar-refractivity contribution in [3.8, 4) is 0 Å². The van der Waals surface area contributed by atoms with Gasteiger partial charge in [-0.1, -0.05) is 0 Å². The van der Waals surface area contributed by atoms with Gasteiger partial charge in [-0.2, -0.15) is 8.75 Å². The highest BCUT2D eigenvalue weighted by molar-refractivity contribution is 6.99. The van der Waals surface area contributed by atoms with Gasteiger partial charge in [0.05, 0.1) is 24.0 Å². The molecule has 1 saturated carbocycles. The summed E-state index contributed by atoms with van der Waals surface area (Å²) in [6.07, 6.45) is 4.20. The maximum Gasteiger partial charge on any atom is 0.273 e. The lowest BCUT2D eigenvalue weighted by molar-refractivity contribution is -0.122. The molecular weight excluding hydrogens is 332 g/mol. The number of hydrogen-bond acceptors (Lipinski definition) is 8. The van der Waals surface area contributed by atoms with Crippen LogP contribution in [0.4, 0.5) is 0 Å². The summed E-state index contributed by atoms with van der Waals surface area (Å²) in [4.78, 5) is 24.1. The lowest BCUT2D eigenvalue weighted by Crippen LogP contribution is -2.37. The van der Waals surface area contributed by atoms with Crippen molar-refractivity contribution in [2.45, 2.75) is 51.2 Å². The Bertz CT molecular complexity index is 701. The Morgan fingerprint density at radius 3 is 2.75 bits per heavy atom. The van der Waals surface area contributed by atoms with Crippen molar-refractivity contribution in [3.63, 3.8) is 0 Å². The lowest BCUT2D eigenvalue weighted by atomic mass is 10.2. The number of aryl methyl sites for hydroxylation is 2. The fourth-order valence-corrected chi connectivity index (χ4v) is 3.28. The normalized spacial score (nSPS) is 20.0. The van der Waals surface area contributed by atoms with Crippen molar-refractivity contribution in [2.24, 2.45) is 0 Å². The van der Waals surface area contributed by atoms with Crippen LogP contribution in [0.3, 0.4) is 0 Å². The van der Waals surface area contributed by atoms with Gasteiger partial charge in [-0.25, -0.2) is 4.68 Å². The molecule has 2 aromatic rings. The van der Waals surface area contributed by atoms with Crippen molar-refractivity contribution in [3.05, 3.63) is 17.7 Å². The van der Waals surface area contributed by atoms with Gasteiger partial charge in [-0.3, -0.25) is 9.59 Å². The Hall–Kier alpha value is -2.43. The number of aromatic nitrogens is 6. The Kier molecular flexibility index (Phi) is 5.08. The summed E-state index contributed by atoms with van der Waals surface area (Å²) < 4.78 is 9.52. The van der Waals surface area contributed by atoms with Gasteiger partial charge in [0.2, 0.25) is 5.91 Å². The molecular formula is C13H18N8O2S. The van der Waals surface area contributed by atoms with E-state index in [1.807, 2.05) is 0 Å². The third kappa shape index (κ3) is 4.10. The van der Waals surface area contributed by atoms with E-state index in [-0.39, 0.29) is 23.9 Å². The molecule has 0 spiro atoms. The van der Waals surface area contributed by atoms with Crippen LogP contribution >= 0.6 is 11.7 Å². The van der Waals surface area contributed by atoms with E-state index < -0.39 is 0 Å². The van der Waals surface area contributed by atoms with Gasteiger partial charge in [0.15, 0.2) is 5.69 Å². The summed E-state index contributed by atoms with van der Waals surface area (Å²) in [5, 5.41) is 16.7. The van der Waals surface area contributed by atoms with E-state index in [0.717, 1.165) is 31.0 Å². The van der Waals surface area contributed by atoms with Crippen LogP contribution in [0.5, 0.6) is 0 Å². The molecule has 0 radical (unpaired) electrons. The molecule has 11 heteroatoms. The number of carbonyl (C=O) groups is 2. The molecule has 24 heavy (non-hydrogen) atoms. The fraction of sp³-hybridized carbons (Fsp3) is 0.615. The van der Waals surface area contributed by atoms with Crippen molar-refractivity contribution in [1.82, 2.24) is 39.6 Å². The van der Waals surface area contributed by atoms with Crippen LogP contribution in [0.15, 0.2) is 6.33 Å². The lowest BCUT2D eigenvalue weighted by Gasteiger charge is -2.14. The predicted molar refractivity (Wildman–Crippen MR) is 84.1 cm³/mol. The number of nitrogens with zero attached hydrogens (tertiary/aromatic N) is 6. The topological polar surface area (TPSA) is 128 Å². The predicted octanol–water partition coefficient (Wildman–Crippen LogP) is -0.310. The highest BCUT2D eigenvalue weighted by Gasteiger charge is 2.28. The molecule has 1 aliphatic rings. The van der Waals surface area contributed by atoms with Crippen molar-refractivity contribution in [2.75, 3.05) is 0 Å². The fourth-order valence-electron chi connectivity index (χ4n) is 2.73. The van der Waals surface area contributed by atoms with E-state index in [1.165, 1.54) is 11.0 Å². The van der Waals surface area contributed by atoms with Gasteiger partial charge in [0, 0.05) is 18.5 Å². The van der Waals surface area contributed by atoms with Crippen molar-refractivity contribution >= 4 is 23.5 Å². The Labute approximate surface area is 142 Å². The third-order valence-electron chi connectivity index (χ3n) is 3.96. The number of nitrogens with one attached hydrogen (secondary N) is 2. The monoisotopic (exact) mass is 350 g/mol. The summed E-state index contributed by atoms with van der Waals surface area (Å²) in [6.45, 7) is 2.21. The van der Waals surface area contributed by atoms with Crippen molar-refractivity contribution < 1.29 is 9.59 Å². The van der Waals surface area contributed by atoms with E-state index in [1.54, 1.807) is 6.92 Å². The molecule has 10 nitrogen and oxygen atoms in total. The molecule has 2 heterocycles. The van der Waals surface area contributed by atoms with Gasteiger partial charge in [0.25, 0.3) is 5.91 Å². The summed E-state index contributed by atoms with van der Waals surface area (Å²) in [7, 11) is 0. The van der Waals surface area contributed by atoms with Gasteiger partial charge in [-0.05, 0) is 36.6 Å². The van der Waals surface area contributed by atoms with Crippen LogP contribution in [-0.2, 0) is 11.3 Å². The highest BCUT2D eigenvalue weighted by Crippen LogP contribution is 2.20. The van der Waals surface area contributed by atoms with Crippen LogP contribution in [0.1, 0.15) is 41.9 Å². The van der Waals surface area contributed by atoms with E-state index in [4.69, 9.17) is 0 Å². The second-order valence-corrected chi connectivity index (χ2v) is 6.30. The summed E-state index contributed by atoms with van der Waals surface area (Å²) >= 11 is 1.03. The van der Waals surface area contributed by atoms with Gasteiger partial charge < -0.3 is 10.6 Å². The molecule has 2 atom stereocenters. The van der Waals surface area contributed by atoms with Gasteiger partial charge in [-0.15, -0.1) is 5.10 Å². The third-order valence-corrected chi connectivity index (χ3v) is 4.58. The van der Waals surface area contributed by atoms with Gasteiger partial charge in [0.1, 0.15) is 6.33 Å². The maximum absolute atomic E-state index is 12.1. The van der Waals surface area contributed by atoms with E-state index in [9.17, 15) is 9.59 Å². The molecule has 0 aromatic carbocycles. The molecule has 1 aliphatic carbocycles. The minimum absolute atomic E-state index is 0.0398. The van der Waals surface area contributed by atoms with Crippen molar-refractivity contribution in [1.29, 1.82) is 0 Å². The molecule has 0 aliphatic heterocycles. The first-order chi connectivity index (χ1) is 11.6. The van der Waals surface area contributed by atoms with Crippen LogP contribution in [-0.4, -0.2) is 52.9 Å². The highest BCUT2D eigenvalue weighted by atomic mass is 32.1. The molecule has 3 rings (SSSR count). The minimum Gasteiger partial charge on any atom is -0.353 e. The Morgan fingerprint density at radius 1 is 1.29 bits per heavy atom. The second-order valence-electron chi connectivity index (χ2n) is 5.77. The smallest absolute Gasteiger partial charge is 0.273 e. The number of hydrogen-bond donors (Lipinski definition) is 2. The van der Waals surface area contributed by atoms with E-state index >= 15 is 0 Å². The van der Waals surface area contributed by atoms with E-state index in [0.29, 0.717) is 24.4 Å². The summed E-state index contributed by atoms with van der Waals surface area (Å²) in [5.41, 5.74) is 1.02. The molecule has 2 aromatic heterocycles. The maximum atomic E-state index is 12.1. The van der Waals surface area contributed by atoms with Crippen LogP contribution < -0.4 is 10.6 Å². The first kappa shape index (κ1) is 16.4. The average Bonchev–Trinajstić information content (AvgIpc) is 3.27. The molecule has 2 N–H and O–H groups in total. The first-order valence-electron chi connectivity index (χ1n) is 7.72. The quantitative estimate of drug-likeness (QED) is 0.731. The van der Waals surface area contributed by atoms with Crippen LogP contribution in [0, 0.1) is 6.92 Å². The SMILES string of the molecule is Cc1nsnc1C(=O)N[C@H]1CC[C@@H](NC(=O)CCn2cnnn2)C1. The average molecular weight is 350 g/mol.